The fraction of sp³-hybridized carbons (Fsp3) is 0. The molecule has 7 aromatic carbocycles. The van der Waals surface area contributed by atoms with Gasteiger partial charge in [0.05, 0.1) is 50.5 Å². The molecule has 0 atom stereocenters. The predicted octanol–water partition coefficient (Wildman–Crippen LogP) is 10.8. The molecule has 2 heterocycles. The fourth-order valence-electron chi connectivity index (χ4n) is 7.51. The molecule has 230 valence electrons. The van der Waals surface area contributed by atoms with Gasteiger partial charge in [0.2, 0.25) is 0 Å². The molecule has 0 fully saturated rings. The summed E-state index contributed by atoms with van der Waals surface area (Å²) in [4.78, 5) is 0. The van der Waals surface area contributed by atoms with Gasteiger partial charge >= 0.3 is 0 Å². The van der Waals surface area contributed by atoms with E-state index in [1.165, 1.54) is 0 Å². The van der Waals surface area contributed by atoms with Crippen molar-refractivity contribution in [1.82, 2.24) is 9.13 Å². The van der Waals surface area contributed by atoms with E-state index in [1.807, 2.05) is 78.9 Å². The highest BCUT2D eigenvalue weighted by molar-refractivity contribution is 6.11. The summed E-state index contributed by atoms with van der Waals surface area (Å²) in [5, 5.41) is 34.7. The van der Waals surface area contributed by atoms with Gasteiger partial charge in [0.1, 0.15) is 12.1 Å². The van der Waals surface area contributed by atoms with E-state index in [9.17, 15) is 15.8 Å². The lowest BCUT2D eigenvalue weighted by molar-refractivity contribution is 1.17. The van der Waals surface area contributed by atoms with Crippen molar-refractivity contribution >= 4 is 43.6 Å². The average Bonchev–Trinajstić information content (AvgIpc) is 3.70. The van der Waals surface area contributed by atoms with Gasteiger partial charge in [-0.3, -0.25) is 0 Å². The van der Waals surface area contributed by atoms with Crippen LogP contribution in [0.2, 0.25) is 0 Å². The topological polar surface area (TPSA) is 81.2 Å². The maximum atomic E-state index is 10.6. The third-order valence-electron chi connectivity index (χ3n) is 9.67. The first-order valence-corrected chi connectivity index (χ1v) is 16.3. The largest absolute Gasteiger partial charge is 0.309 e. The molecule has 5 heteroatoms. The van der Waals surface area contributed by atoms with Crippen LogP contribution in [0.4, 0.5) is 0 Å². The van der Waals surface area contributed by atoms with Crippen LogP contribution in [-0.2, 0) is 0 Å². The summed E-state index contributed by atoms with van der Waals surface area (Å²) < 4.78 is 4.44. The smallest absolute Gasteiger partial charge is 0.101 e. The Kier molecular flexibility index (Phi) is 6.56. The van der Waals surface area contributed by atoms with Crippen molar-refractivity contribution < 1.29 is 0 Å². The number of para-hydroxylation sites is 3. The number of hydrogen-bond donors (Lipinski definition) is 0. The second kappa shape index (κ2) is 11.4. The zero-order chi connectivity index (χ0) is 33.8. The van der Waals surface area contributed by atoms with Crippen molar-refractivity contribution in [3.05, 3.63) is 168 Å². The van der Waals surface area contributed by atoms with Crippen LogP contribution in [0.25, 0.3) is 77.2 Å². The molecule has 0 aliphatic carbocycles. The molecular weight excluding hydrogens is 611 g/mol. The summed E-state index contributed by atoms with van der Waals surface area (Å²) >= 11 is 0. The molecule has 0 spiro atoms. The van der Waals surface area contributed by atoms with E-state index >= 15 is 0 Å². The van der Waals surface area contributed by atoms with E-state index in [0.717, 1.165) is 71.7 Å². The Hall–Kier alpha value is -7.39. The van der Waals surface area contributed by atoms with Gasteiger partial charge < -0.3 is 9.13 Å². The van der Waals surface area contributed by atoms with Crippen molar-refractivity contribution in [1.29, 1.82) is 15.8 Å². The molecular formula is C45H25N5. The van der Waals surface area contributed by atoms with Crippen LogP contribution in [0.1, 0.15) is 16.7 Å². The summed E-state index contributed by atoms with van der Waals surface area (Å²) in [7, 11) is 0. The van der Waals surface area contributed by atoms with Gasteiger partial charge in [0.15, 0.2) is 0 Å². The Morgan fingerprint density at radius 3 is 1.60 bits per heavy atom. The van der Waals surface area contributed by atoms with Gasteiger partial charge in [0.25, 0.3) is 0 Å². The highest BCUT2D eigenvalue weighted by atomic mass is 15.0. The lowest BCUT2D eigenvalue weighted by atomic mass is 9.89. The maximum Gasteiger partial charge on any atom is 0.101 e. The first kappa shape index (κ1) is 28.8. The Labute approximate surface area is 287 Å². The van der Waals surface area contributed by atoms with E-state index < -0.39 is 0 Å². The second-order valence-electron chi connectivity index (χ2n) is 12.3. The zero-order valence-electron chi connectivity index (χ0n) is 26.7. The Morgan fingerprint density at radius 2 is 0.980 bits per heavy atom. The number of nitriles is 3. The molecule has 5 nitrogen and oxygen atoms in total. The minimum absolute atomic E-state index is 0.336. The van der Waals surface area contributed by atoms with Gasteiger partial charge in [-0.15, -0.1) is 0 Å². The molecule has 9 aromatic rings. The molecule has 0 amide bonds. The zero-order valence-corrected chi connectivity index (χ0v) is 26.7. The van der Waals surface area contributed by atoms with Crippen LogP contribution in [-0.4, -0.2) is 9.13 Å². The van der Waals surface area contributed by atoms with E-state index in [4.69, 9.17) is 0 Å². The van der Waals surface area contributed by atoms with Gasteiger partial charge in [-0.25, -0.2) is 0 Å². The SMILES string of the molecule is N#Cc1ccc2c(c1)c1ccccc1n2-c1ccc(-c2ccccc2-c2c(-n3c4ccccc4c4ccccc43)ccc(C#N)c2C#N)cc1. The van der Waals surface area contributed by atoms with Crippen LogP contribution in [0.15, 0.2) is 152 Å². The van der Waals surface area contributed by atoms with Gasteiger partial charge in [-0.1, -0.05) is 91.0 Å². The molecule has 0 saturated carbocycles. The molecule has 0 unspecified atom stereocenters. The Balaban J connectivity index is 1.26. The first-order chi connectivity index (χ1) is 24.7. The number of rotatable bonds is 4. The molecule has 0 bridgehead atoms. The van der Waals surface area contributed by atoms with Crippen molar-refractivity contribution in [3.8, 4) is 51.8 Å². The van der Waals surface area contributed by atoms with Crippen molar-refractivity contribution in [2.24, 2.45) is 0 Å². The summed E-state index contributed by atoms with van der Waals surface area (Å²) in [6.45, 7) is 0. The first-order valence-electron chi connectivity index (χ1n) is 16.3. The van der Waals surface area contributed by atoms with Crippen molar-refractivity contribution in [2.75, 3.05) is 0 Å². The van der Waals surface area contributed by atoms with Gasteiger partial charge in [0, 0.05) is 32.8 Å². The molecule has 2 aromatic heterocycles. The minimum atomic E-state index is 0.336. The minimum Gasteiger partial charge on any atom is -0.309 e. The van der Waals surface area contributed by atoms with Crippen LogP contribution >= 0.6 is 0 Å². The van der Waals surface area contributed by atoms with E-state index in [-0.39, 0.29) is 0 Å². The van der Waals surface area contributed by atoms with E-state index in [1.54, 1.807) is 6.07 Å². The summed E-state index contributed by atoms with van der Waals surface area (Å²) in [6.07, 6.45) is 0. The standard InChI is InChI=1S/C45H25N5/c46-26-29-17-23-43-38(25-29)36-12-5-6-14-40(36)49(43)32-21-18-30(19-22-32)33-9-1-2-13-37(33)45-39(28-48)31(27-47)20-24-44(45)50-41-15-7-3-10-34(41)35-11-4-8-16-42(35)50/h1-25H. The third kappa shape index (κ3) is 4.24. The summed E-state index contributed by atoms with van der Waals surface area (Å²) in [5.41, 5.74) is 10.8. The van der Waals surface area contributed by atoms with Crippen molar-refractivity contribution in [2.45, 2.75) is 0 Å². The molecule has 0 aliphatic heterocycles. The number of fused-ring (bicyclic) bond motifs is 6. The Bertz CT molecular complexity index is 2900. The summed E-state index contributed by atoms with van der Waals surface area (Å²) in [6, 6.07) is 57.9. The van der Waals surface area contributed by atoms with Crippen LogP contribution < -0.4 is 0 Å². The lowest BCUT2D eigenvalue weighted by Gasteiger charge is -2.19. The highest BCUT2D eigenvalue weighted by Gasteiger charge is 2.22. The predicted molar refractivity (Wildman–Crippen MR) is 200 cm³/mol. The maximum absolute atomic E-state index is 10.6. The lowest BCUT2D eigenvalue weighted by Crippen LogP contribution is -2.02. The van der Waals surface area contributed by atoms with Crippen LogP contribution in [0, 0.1) is 34.0 Å². The summed E-state index contributed by atoms with van der Waals surface area (Å²) in [5.74, 6) is 0. The average molecular weight is 636 g/mol. The third-order valence-corrected chi connectivity index (χ3v) is 9.67. The van der Waals surface area contributed by atoms with Gasteiger partial charge in [-0.2, -0.15) is 15.8 Å². The van der Waals surface area contributed by atoms with Crippen molar-refractivity contribution in [3.63, 3.8) is 0 Å². The van der Waals surface area contributed by atoms with E-state index in [0.29, 0.717) is 22.3 Å². The highest BCUT2D eigenvalue weighted by Crippen LogP contribution is 2.42. The second-order valence-corrected chi connectivity index (χ2v) is 12.3. The fourth-order valence-corrected chi connectivity index (χ4v) is 7.51. The van der Waals surface area contributed by atoms with E-state index in [2.05, 4.69) is 94.1 Å². The quantitative estimate of drug-likeness (QED) is 0.193. The molecule has 0 N–H and O–H groups in total. The van der Waals surface area contributed by atoms with Gasteiger partial charge in [-0.05, 0) is 77.4 Å². The molecule has 0 radical (unpaired) electrons. The number of benzene rings is 7. The molecule has 0 aliphatic rings. The molecule has 0 saturated heterocycles. The molecule has 9 rings (SSSR count). The number of aromatic nitrogens is 2. The number of nitrogens with zero attached hydrogens (tertiary/aromatic N) is 5. The monoisotopic (exact) mass is 635 g/mol. The van der Waals surface area contributed by atoms with Crippen LogP contribution in [0.5, 0.6) is 0 Å². The van der Waals surface area contributed by atoms with Crippen LogP contribution in [0.3, 0.4) is 0 Å². The number of hydrogen-bond acceptors (Lipinski definition) is 3. The molecule has 50 heavy (non-hydrogen) atoms. The Morgan fingerprint density at radius 1 is 0.420 bits per heavy atom. The normalized spacial score (nSPS) is 11.1.